The van der Waals surface area contributed by atoms with Crippen LogP contribution in [-0.4, -0.2) is 41.6 Å². The van der Waals surface area contributed by atoms with E-state index < -0.39 is 11.8 Å². The summed E-state index contributed by atoms with van der Waals surface area (Å²) in [6.07, 6.45) is 0. The maximum absolute atomic E-state index is 12.8. The number of aromatic nitrogens is 2. The van der Waals surface area contributed by atoms with Gasteiger partial charge in [-0.15, -0.1) is 0 Å². The standard InChI is InChI=1S/C27H32N4O5S/c1-6-34-22-14-21(15-23(35-7-2)24(22)36-8-3)26(33)31-30-25(32)20-11-9-19(10-12-20)16-37-27-28-17(4)13-18(5)29-27/h9-15H,6-8,16H2,1-5H3,(H,30,32)(H,31,33). The first kappa shape index (κ1) is 27.8. The SMILES string of the molecule is CCOc1cc(C(=O)NNC(=O)c2ccc(CSc3nc(C)cc(C)n3)cc2)cc(OCC)c1OCC. The highest BCUT2D eigenvalue weighted by Gasteiger charge is 2.19. The fourth-order valence-electron chi connectivity index (χ4n) is 3.44. The molecule has 10 heteroatoms. The van der Waals surface area contributed by atoms with Gasteiger partial charge in [0.05, 0.1) is 19.8 Å². The normalized spacial score (nSPS) is 10.5. The van der Waals surface area contributed by atoms with Crippen LogP contribution in [0.3, 0.4) is 0 Å². The maximum Gasteiger partial charge on any atom is 0.269 e. The van der Waals surface area contributed by atoms with Crippen molar-refractivity contribution >= 4 is 23.6 Å². The summed E-state index contributed by atoms with van der Waals surface area (Å²) in [4.78, 5) is 34.3. The Hall–Kier alpha value is -3.79. The molecule has 0 fully saturated rings. The van der Waals surface area contributed by atoms with Gasteiger partial charge in [-0.25, -0.2) is 9.97 Å². The summed E-state index contributed by atoms with van der Waals surface area (Å²) >= 11 is 1.53. The minimum Gasteiger partial charge on any atom is -0.490 e. The van der Waals surface area contributed by atoms with Crippen molar-refractivity contribution in [3.8, 4) is 17.2 Å². The number of amides is 2. The molecule has 37 heavy (non-hydrogen) atoms. The van der Waals surface area contributed by atoms with E-state index in [4.69, 9.17) is 14.2 Å². The first-order valence-electron chi connectivity index (χ1n) is 12.1. The van der Waals surface area contributed by atoms with Crippen molar-refractivity contribution in [2.75, 3.05) is 19.8 Å². The number of nitrogens with zero attached hydrogens (tertiary/aromatic N) is 2. The van der Waals surface area contributed by atoms with Crippen LogP contribution in [0.15, 0.2) is 47.6 Å². The molecule has 196 valence electrons. The predicted molar refractivity (Wildman–Crippen MR) is 142 cm³/mol. The molecule has 2 amide bonds. The zero-order valence-corrected chi connectivity index (χ0v) is 22.5. The summed E-state index contributed by atoms with van der Waals surface area (Å²) in [6, 6.07) is 12.2. The molecule has 0 radical (unpaired) electrons. The minimum atomic E-state index is -0.514. The molecule has 0 spiro atoms. The van der Waals surface area contributed by atoms with Crippen molar-refractivity contribution in [2.24, 2.45) is 0 Å². The fourth-order valence-corrected chi connectivity index (χ4v) is 4.34. The van der Waals surface area contributed by atoms with E-state index in [1.807, 2.05) is 52.8 Å². The molecule has 1 heterocycles. The van der Waals surface area contributed by atoms with Crippen molar-refractivity contribution in [1.82, 2.24) is 20.8 Å². The predicted octanol–water partition coefficient (Wildman–Crippen LogP) is 4.66. The van der Waals surface area contributed by atoms with Crippen molar-refractivity contribution < 1.29 is 23.8 Å². The Morgan fingerprint density at radius 2 is 1.27 bits per heavy atom. The molecular weight excluding hydrogens is 492 g/mol. The van der Waals surface area contributed by atoms with Crippen LogP contribution < -0.4 is 25.1 Å². The Morgan fingerprint density at radius 1 is 0.757 bits per heavy atom. The summed E-state index contributed by atoms with van der Waals surface area (Å²) in [5.41, 5.74) is 8.45. The smallest absolute Gasteiger partial charge is 0.269 e. The number of ether oxygens (including phenoxy) is 3. The van der Waals surface area contributed by atoms with Crippen molar-refractivity contribution in [1.29, 1.82) is 0 Å². The first-order valence-corrected chi connectivity index (χ1v) is 13.0. The number of nitrogens with one attached hydrogen (secondary N) is 2. The number of carbonyl (C=O) groups is 2. The molecule has 0 bridgehead atoms. The van der Waals surface area contributed by atoms with Gasteiger partial charge in [-0.2, -0.15) is 0 Å². The van der Waals surface area contributed by atoms with E-state index >= 15 is 0 Å². The van der Waals surface area contributed by atoms with Gasteiger partial charge in [0.15, 0.2) is 16.7 Å². The van der Waals surface area contributed by atoms with Gasteiger partial charge < -0.3 is 14.2 Å². The van der Waals surface area contributed by atoms with Crippen LogP contribution in [0.25, 0.3) is 0 Å². The van der Waals surface area contributed by atoms with E-state index in [2.05, 4.69) is 20.8 Å². The topological polar surface area (TPSA) is 112 Å². The highest BCUT2D eigenvalue weighted by atomic mass is 32.2. The summed E-state index contributed by atoms with van der Waals surface area (Å²) in [5.74, 6) is 0.946. The van der Waals surface area contributed by atoms with Crippen LogP contribution in [0.5, 0.6) is 17.2 Å². The zero-order valence-electron chi connectivity index (χ0n) is 21.7. The van der Waals surface area contributed by atoms with Gasteiger partial charge in [-0.05, 0) is 70.5 Å². The molecule has 0 atom stereocenters. The third-order valence-corrected chi connectivity index (χ3v) is 5.93. The average molecular weight is 525 g/mol. The van der Waals surface area contributed by atoms with E-state index in [9.17, 15) is 9.59 Å². The summed E-state index contributed by atoms with van der Waals surface area (Å²) in [7, 11) is 0. The van der Waals surface area contributed by atoms with E-state index in [1.165, 1.54) is 11.8 Å². The van der Waals surface area contributed by atoms with Crippen LogP contribution in [-0.2, 0) is 5.75 Å². The lowest BCUT2D eigenvalue weighted by atomic mass is 10.1. The van der Waals surface area contributed by atoms with Gasteiger partial charge in [0.1, 0.15) is 0 Å². The summed E-state index contributed by atoms with van der Waals surface area (Å²) in [5, 5.41) is 0.719. The highest BCUT2D eigenvalue weighted by Crippen LogP contribution is 2.39. The fraction of sp³-hybridized carbons (Fsp3) is 0.333. The van der Waals surface area contributed by atoms with Crippen LogP contribution >= 0.6 is 11.8 Å². The number of hydrogen-bond acceptors (Lipinski definition) is 8. The lowest BCUT2D eigenvalue weighted by Gasteiger charge is -2.17. The van der Waals surface area contributed by atoms with Crippen LogP contribution in [0.4, 0.5) is 0 Å². The van der Waals surface area contributed by atoms with Gasteiger partial charge in [0, 0.05) is 28.3 Å². The molecule has 2 aromatic carbocycles. The van der Waals surface area contributed by atoms with Gasteiger partial charge in [-0.3, -0.25) is 20.4 Å². The lowest BCUT2D eigenvalue weighted by molar-refractivity contribution is 0.0846. The Balaban J connectivity index is 1.62. The molecule has 0 saturated heterocycles. The number of thioether (sulfide) groups is 1. The van der Waals surface area contributed by atoms with Crippen molar-refractivity contribution in [3.63, 3.8) is 0 Å². The zero-order chi connectivity index (χ0) is 26.8. The number of carbonyl (C=O) groups excluding carboxylic acids is 2. The van der Waals surface area contributed by atoms with E-state index in [0.29, 0.717) is 48.4 Å². The maximum atomic E-state index is 12.8. The molecule has 0 unspecified atom stereocenters. The molecule has 1 aromatic heterocycles. The van der Waals surface area contributed by atoms with E-state index in [1.54, 1.807) is 24.3 Å². The molecular formula is C27H32N4O5S. The second kappa shape index (κ2) is 13.5. The van der Waals surface area contributed by atoms with Gasteiger partial charge in [-0.1, -0.05) is 23.9 Å². The Bertz CT molecular complexity index is 1190. The molecule has 3 aromatic rings. The van der Waals surface area contributed by atoms with Crippen molar-refractivity contribution in [2.45, 2.75) is 45.5 Å². The molecule has 0 aliphatic carbocycles. The summed E-state index contributed by atoms with van der Waals surface area (Å²) in [6.45, 7) is 10.6. The Kier molecular flexibility index (Phi) is 10.1. The quantitative estimate of drug-likeness (QED) is 0.212. The van der Waals surface area contributed by atoms with Crippen molar-refractivity contribution in [3.05, 3.63) is 70.5 Å². The average Bonchev–Trinajstić information content (AvgIpc) is 2.87. The molecule has 9 nitrogen and oxygen atoms in total. The first-order chi connectivity index (χ1) is 17.8. The Morgan fingerprint density at radius 3 is 1.78 bits per heavy atom. The van der Waals surface area contributed by atoms with E-state index in [0.717, 1.165) is 22.1 Å². The lowest BCUT2D eigenvalue weighted by Crippen LogP contribution is -2.41. The van der Waals surface area contributed by atoms with Crippen LogP contribution in [0.1, 0.15) is 58.4 Å². The number of benzene rings is 2. The second-order valence-electron chi connectivity index (χ2n) is 7.93. The monoisotopic (exact) mass is 524 g/mol. The summed E-state index contributed by atoms with van der Waals surface area (Å²) < 4.78 is 17.0. The van der Waals surface area contributed by atoms with Gasteiger partial charge >= 0.3 is 0 Å². The largest absolute Gasteiger partial charge is 0.490 e. The molecule has 2 N–H and O–H groups in total. The third-order valence-electron chi connectivity index (χ3n) is 5.01. The number of hydrazine groups is 1. The minimum absolute atomic E-state index is 0.261. The third kappa shape index (κ3) is 7.85. The molecule has 0 aliphatic rings. The molecule has 0 aliphatic heterocycles. The Labute approximate surface area is 221 Å². The second-order valence-corrected chi connectivity index (χ2v) is 8.87. The van der Waals surface area contributed by atoms with Crippen LogP contribution in [0.2, 0.25) is 0 Å². The molecule has 3 rings (SSSR count). The number of rotatable bonds is 11. The van der Waals surface area contributed by atoms with Gasteiger partial charge in [0.2, 0.25) is 5.75 Å². The van der Waals surface area contributed by atoms with Crippen LogP contribution in [0, 0.1) is 13.8 Å². The van der Waals surface area contributed by atoms with Gasteiger partial charge in [0.25, 0.3) is 11.8 Å². The highest BCUT2D eigenvalue weighted by molar-refractivity contribution is 7.98. The number of hydrogen-bond donors (Lipinski definition) is 2. The van der Waals surface area contributed by atoms with E-state index in [-0.39, 0.29) is 5.56 Å². The number of aryl methyl sites for hydroxylation is 2. The molecule has 0 saturated carbocycles.